The Morgan fingerprint density at radius 2 is 1.89 bits per heavy atom. The molecule has 10 heteroatoms. The number of aromatic amines is 1. The molecule has 0 aliphatic heterocycles. The number of carboxylic acid groups (broad SMARTS) is 1. The molecule has 2 bridgehead atoms. The van der Waals surface area contributed by atoms with Crippen LogP contribution in [0.4, 0.5) is 19.0 Å². The van der Waals surface area contributed by atoms with Crippen LogP contribution >= 0.6 is 0 Å². The molecule has 3 heterocycles. The van der Waals surface area contributed by atoms with Crippen LogP contribution in [0.2, 0.25) is 0 Å². The lowest BCUT2D eigenvalue weighted by Crippen LogP contribution is -2.51. The number of anilines is 1. The molecule has 3 N–H and O–H groups in total. The van der Waals surface area contributed by atoms with E-state index in [-0.39, 0.29) is 51.4 Å². The minimum Gasteiger partial charge on any atom is -0.481 e. The number of carboxylic acids is 1. The number of hydrogen-bond acceptors (Lipinski definition) is 5. The van der Waals surface area contributed by atoms with Gasteiger partial charge in [-0.25, -0.2) is 23.1 Å². The number of fused-ring (bicyclic) bond motifs is 4. The second kappa shape index (κ2) is 8.14. The average molecular weight is 482 g/mol. The second-order valence-electron chi connectivity index (χ2n) is 9.26. The second-order valence-corrected chi connectivity index (χ2v) is 9.26. The average Bonchev–Trinajstić information content (AvgIpc) is 3.51. The Morgan fingerprint density at radius 3 is 2.60 bits per heavy atom. The lowest BCUT2D eigenvalue weighted by Gasteiger charge is -2.47. The fraction of sp³-hybridized carbons (Fsp3) is 0.320. The third kappa shape index (κ3) is 3.55. The smallest absolute Gasteiger partial charge is 0.308 e. The summed E-state index contributed by atoms with van der Waals surface area (Å²) in [6, 6.07) is 4.53. The van der Waals surface area contributed by atoms with E-state index in [2.05, 4.69) is 20.3 Å². The number of halogens is 3. The number of benzene rings is 1. The zero-order valence-electron chi connectivity index (χ0n) is 18.4. The third-order valence-electron chi connectivity index (χ3n) is 7.36. The molecule has 0 unspecified atom stereocenters. The van der Waals surface area contributed by atoms with E-state index in [1.807, 2.05) is 0 Å². The summed E-state index contributed by atoms with van der Waals surface area (Å²) in [5.74, 6) is -3.83. The van der Waals surface area contributed by atoms with Crippen LogP contribution in [0.5, 0.6) is 0 Å². The van der Waals surface area contributed by atoms with Crippen LogP contribution in [-0.4, -0.2) is 32.1 Å². The van der Waals surface area contributed by atoms with E-state index in [1.165, 1.54) is 18.5 Å². The predicted octanol–water partition coefficient (Wildman–Crippen LogP) is 5.60. The number of hydrogen-bond donors (Lipinski definition) is 3. The first-order valence-electron chi connectivity index (χ1n) is 11.5. The molecule has 0 spiro atoms. The first-order chi connectivity index (χ1) is 16.9. The van der Waals surface area contributed by atoms with Gasteiger partial charge in [0.15, 0.2) is 23.2 Å². The van der Waals surface area contributed by atoms with Crippen molar-refractivity contribution < 1.29 is 27.5 Å². The summed E-state index contributed by atoms with van der Waals surface area (Å²) in [6.07, 6.45) is 6.19. The van der Waals surface area contributed by atoms with Gasteiger partial charge in [-0.3, -0.25) is 4.79 Å². The van der Waals surface area contributed by atoms with Crippen molar-refractivity contribution in [2.24, 2.45) is 17.8 Å². The van der Waals surface area contributed by atoms with Crippen molar-refractivity contribution in [1.29, 1.82) is 0 Å². The first-order valence-corrected chi connectivity index (χ1v) is 11.5. The molecule has 3 aliphatic carbocycles. The van der Waals surface area contributed by atoms with Crippen molar-refractivity contribution in [2.75, 3.05) is 5.32 Å². The zero-order chi connectivity index (χ0) is 24.3. The topological polar surface area (TPSA) is 104 Å². The molecule has 0 saturated heterocycles. The molecule has 7 nitrogen and oxygen atoms in total. The van der Waals surface area contributed by atoms with E-state index in [1.54, 1.807) is 6.07 Å². The van der Waals surface area contributed by atoms with Crippen LogP contribution in [0.3, 0.4) is 0 Å². The van der Waals surface area contributed by atoms with Crippen LogP contribution in [0.25, 0.3) is 33.7 Å². The first kappa shape index (κ1) is 21.7. The number of aromatic nitrogens is 3. The van der Waals surface area contributed by atoms with E-state index in [9.17, 15) is 18.7 Å². The van der Waals surface area contributed by atoms with E-state index in [0.717, 1.165) is 37.8 Å². The van der Waals surface area contributed by atoms with E-state index in [0.29, 0.717) is 0 Å². The number of aliphatic carboxylic acids is 1. The van der Waals surface area contributed by atoms with Crippen LogP contribution in [0.1, 0.15) is 25.7 Å². The molecular weight excluding hydrogens is 461 g/mol. The number of nitrogens with zero attached hydrogens (tertiary/aromatic N) is 2. The minimum atomic E-state index is -0.916. The Bertz CT molecular complexity index is 1430. The number of H-pyrrole nitrogens is 1. The van der Waals surface area contributed by atoms with Crippen LogP contribution in [0, 0.1) is 35.2 Å². The molecule has 4 aromatic rings. The maximum absolute atomic E-state index is 15.7. The van der Waals surface area contributed by atoms with Crippen molar-refractivity contribution in [2.45, 2.75) is 31.7 Å². The Labute approximate surface area is 197 Å². The van der Waals surface area contributed by atoms with Gasteiger partial charge in [0.2, 0.25) is 0 Å². The molecule has 3 aliphatic rings. The summed E-state index contributed by atoms with van der Waals surface area (Å²) in [6.45, 7) is 0. The van der Waals surface area contributed by atoms with Crippen molar-refractivity contribution >= 4 is 22.7 Å². The molecule has 3 fully saturated rings. The number of rotatable bonds is 5. The van der Waals surface area contributed by atoms with Crippen molar-refractivity contribution in [3.8, 4) is 22.8 Å². The largest absolute Gasteiger partial charge is 0.481 e. The number of furan rings is 1. The number of carbonyl (C=O) groups is 1. The fourth-order valence-corrected chi connectivity index (χ4v) is 5.75. The maximum atomic E-state index is 15.7. The van der Waals surface area contributed by atoms with Crippen LogP contribution in [-0.2, 0) is 4.79 Å². The lowest BCUT2D eigenvalue weighted by molar-refractivity contribution is -0.148. The third-order valence-corrected chi connectivity index (χ3v) is 7.36. The molecule has 2 atom stereocenters. The van der Waals surface area contributed by atoms with Gasteiger partial charge in [0.25, 0.3) is 0 Å². The maximum Gasteiger partial charge on any atom is 0.308 e. The highest BCUT2D eigenvalue weighted by Crippen LogP contribution is 2.46. The standard InChI is InChI=1S/C25H21F3N4O3/c26-13-8-14-15(10-29-21(14)16(27)9-13)23-31-22(17-2-1-7-35-17)19(28)24(32-23)30-20-12-5-3-11(4-6-12)18(20)25(33)34/h1-2,7-12,18,20,29H,3-6H2,(H,33,34)(H,30,31,32)/t11?,12?,18-,20-/m1/s1. The van der Waals surface area contributed by atoms with Gasteiger partial charge < -0.3 is 19.8 Å². The molecule has 0 radical (unpaired) electrons. The molecular formula is C25H21F3N4O3. The lowest BCUT2D eigenvalue weighted by atomic mass is 9.61. The molecule has 3 saturated carbocycles. The Kier molecular flexibility index (Phi) is 5.05. The Morgan fingerprint density at radius 1 is 1.11 bits per heavy atom. The molecule has 0 amide bonds. The van der Waals surface area contributed by atoms with Crippen molar-refractivity contribution in [1.82, 2.24) is 15.0 Å². The normalized spacial score (nSPS) is 23.6. The van der Waals surface area contributed by atoms with E-state index in [4.69, 9.17) is 4.42 Å². The SMILES string of the molecule is O=C(O)[C@@H]1C2CCC(CC2)[C@H]1Nc1nc(-c2c[nH]c3c(F)cc(F)cc23)nc(-c2ccco2)c1F. The predicted molar refractivity (Wildman–Crippen MR) is 121 cm³/mol. The number of nitrogens with one attached hydrogen (secondary N) is 2. The summed E-state index contributed by atoms with van der Waals surface area (Å²) in [5.41, 5.74) is 0.203. The molecule has 180 valence electrons. The highest BCUT2D eigenvalue weighted by Gasteiger charge is 2.47. The summed E-state index contributed by atoms with van der Waals surface area (Å²) in [4.78, 5) is 23.5. The Hall–Kier alpha value is -3.82. The van der Waals surface area contributed by atoms with Gasteiger partial charge in [-0.1, -0.05) is 0 Å². The van der Waals surface area contributed by atoms with E-state index >= 15 is 4.39 Å². The molecule has 3 aromatic heterocycles. The quantitative estimate of drug-likeness (QED) is 0.342. The zero-order valence-corrected chi connectivity index (χ0v) is 18.4. The molecule has 35 heavy (non-hydrogen) atoms. The van der Waals surface area contributed by atoms with Gasteiger partial charge in [-0.05, 0) is 55.7 Å². The minimum absolute atomic E-state index is 0.0171. The van der Waals surface area contributed by atoms with Crippen LogP contribution < -0.4 is 5.32 Å². The Balaban J connectivity index is 1.50. The van der Waals surface area contributed by atoms with Crippen LogP contribution in [0.15, 0.2) is 41.1 Å². The van der Waals surface area contributed by atoms with Gasteiger partial charge in [0.05, 0.1) is 17.7 Å². The van der Waals surface area contributed by atoms with Gasteiger partial charge in [0, 0.05) is 29.3 Å². The van der Waals surface area contributed by atoms with Crippen molar-refractivity contribution in [3.05, 3.63) is 54.2 Å². The summed E-state index contributed by atoms with van der Waals surface area (Å²) >= 11 is 0. The van der Waals surface area contributed by atoms with Crippen molar-refractivity contribution in [3.63, 3.8) is 0 Å². The van der Waals surface area contributed by atoms with Gasteiger partial charge in [-0.2, -0.15) is 0 Å². The highest BCUT2D eigenvalue weighted by molar-refractivity contribution is 5.94. The van der Waals surface area contributed by atoms with Gasteiger partial charge >= 0.3 is 5.97 Å². The summed E-state index contributed by atoms with van der Waals surface area (Å²) in [5, 5.41) is 13.2. The molecule has 1 aromatic carbocycles. The monoisotopic (exact) mass is 482 g/mol. The summed E-state index contributed by atoms with van der Waals surface area (Å²) in [7, 11) is 0. The molecule has 7 rings (SSSR count). The van der Waals surface area contributed by atoms with E-state index < -0.39 is 35.4 Å². The van der Waals surface area contributed by atoms with Gasteiger partial charge in [-0.15, -0.1) is 0 Å². The highest BCUT2D eigenvalue weighted by atomic mass is 19.1. The fourth-order valence-electron chi connectivity index (χ4n) is 5.75. The summed E-state index contributed by atoms with van der Waals surface area (Å²) < 4.78 is 49.3. The van der Waals surface area contributed by atoms with Gasteiger partial charge in [0.1, 0.15) is 17.3 Å².